The molecule has 21 heavy (non-hydrogen) atoms. The molecule has 0 bridgehead atoms. The number of nitrogens with one attached hydrogen (secondary N) is 1. The molecule has 0 fully saturated rings. The third-order valence-electron chi connectivity index (χ3n) is 3.40. The van der Waals surface area contributed by atoms with Gasteiger partial charge in [0.25, 0.3) is 5.91 Å². The van der Waals surface area contributed by atoms with Crippen molar-refractivity contribution in [1.82, 2.24) is 5.32 Å². The topological polar surface area (TPSA) is 29.1 Å². The van der Waals surface area contributed by atoms with Gasteiger partial charge in [0.1, 0.15) is 5.82 Å². The fraction of sp³-hybridized carbons (Fsp3) is 0.0556. The molecule has 0 saturated carbocycles. The standard InChI is InChI=1S/C18H14FNO/c19-15-10-8-13(9-11-15)12-20-18(21)17-7-3-5-14-4-1-2-6-16(14)17/h1-11H,12H2,(H,20,21). The quantitative estimate of drug-likeness (QED) is 0.773. The summed E-state index contributed by atoms with van der Waals surface area (Å²) in [5.41, 5.74) is 1.51. The molecule has 0 aliphatic heterocycles. The Balaban J connectivity index is 1.79. The van der Waals surface area contributed by atoms with Gasteiger partial charge in [-0.2, -0.15) is 0 Å². The zero-order chi connectivity index (χ0) is 14.7. The fourth-order valence-electron chi connectivity index (χ4n) is 2.30. The molecule has 1 amide bonds. The van der Waals surface area contributed by atoms with Crippen LogP contribution in [0.1, 0.15) is 15.9 Å². The van der Waals surface area contributed by atoms with Crippen LogP contribution in [0.25, 0.3) is 10.8 Å². The summed E-state index contributed by atoms with van der Waals surface area (Å²) in [6.07, 6.45) is 0. The molecule has 2 nitrogen and oxygen atoms in total. The largest absolute Gasteiger partial charge is 0.348 e. The molecule has 0 heterocycles. The maximum atomic E-state index is 12.8. The summed E-state index contributed by atoms with van der Waals surface area (Å²) in [4.78, 5) is 12.3. The van der Waals surface area contributed by atoms with E-state index >= 15 is 0 Å². The Bertz CT molecular complexity index is 775. The molecular formula is C18H14FNO. The van der Waals surface area contributed by atoms with Crippen molar-refractivity contribution in [3.05, 3.63) is 83.7 Å². The Labute approximate surface area is 122 Å². The molecule has 0 saturated heterocycles. The first kappa shape index (κ1) is 13.3. The monoisotopic (exact) mass is 279 g/mol. The summed E-state index contributed by atoms with van der Waals surface area (Å²) in [7, 11) is 0. The van der Waals surface area contributed by atoms with E-state index in [1.807, 2.05) is 42.5 Å². The zero-order valence-electron chi connectivity index (χ0n) is 11.3. The number of hydrogen-bond acceptors (Lipinski definition) is 1. The van der Waals surface area contributed by atoms with Gasteiger partial charge in [0.05, 0.1) is 0 Å². The molecule has 3 rings (SSSR count). The van der Waals surface area contributed by atoms with Crippen molar-refractivity contribution in [2.24, 2.45) is 0 Å². The summed E-state index contributed by atoms with van der Waals surface area (Å²) in [5, 5.41) is 4.83. The Morgan fingerprint density at radius 3 is 2.43 bits per heavy atom. The van der Waals surface area contributed by atoms with E-state index in [-0.39, 0.29) is 11.7 Å². The molecule has 1 N–H and O–H groups in total. The van der Waals surface area contributed by atoms with Crippen LogP contribution in [0.15, 0.2) is 66.7 Å². The van der Waals surface area contributed by atoms with Gasteiger partial charge in [-0.15, -0.1) is 0 Å². The summed E-state index contributed by atoms with van der Waals surface area (Å²) in [6.45, 7) is 0.377. The van der Waals surface area contributed by atoms with Gasteiger partial charge in [0, 0.05) is 12.1 Å². The van der Waals surface area contributed by atoms with Crippen LogP contribution in [0.3, 0.4) is 0 Å². The highest BCUT2D eigenvalue weighted by molar-refractivity contribution is 6.06. The second-order valence-corrected chi connectivity index (χ2v) is 4.84. The van der Waals surface area contributed by atoms with Crippen molar-refractivity contribution in [3.8, 4) is 0 Å². The number of hydrogen-bond donors (Lipinski definition) is 1. The van der Waals surface area contributed by atoms with E-state index in [0.29, 0.717) is 12.1 Å². The molecule has 0 aliphatic rings. The van der Waals surface area contributed by atoms with Crippen molar-refractivity contribution >= 4 is 16.7 Å². The highest BCUT2D eigenvalue weighted by atomic mass is 19.1. The van der Waals surface area contributed by atoms with Crippen LogP contribution in [0.5, 0.6) is 0 Å². The molecule has 3 heteroatoms. The van der Waals surface area contributed by atoms with Gasteiger partial charge in [-0.05, 0) is 34.5 Å². The summed E-state index contributed by atoms with van der Waals surface area (Å²) in [5.74, 6) is -0.407. The van der Waals surface area contributed by atoms with Gasteiger partial charge in [0.2, 0.25) is 0 Å². The smallest absolute Gasteiger partial charge is 0.252 e. The average molecular weight is 279 g/mol. The fourth-order valence-corrected chi connectivity index (χ4v) is 2.30. The minimum Gasteiger partial charge on any atom is -0.348 e. The SMILES string of the molecule is O=C(NCc1ccc(F)cc1)c1cccc2ccccc12. The van der Waals surface area contributed by atoms with Gasteiger partial charge in [-0.25, -0.2) is 4.39 Å². The average Bonchev–Trinajstić information content (AvgIpc) is 2.53. The van der Waals surface area contributed by atoms with E-state index in [9.17, 15) is 9.18 Å². The number of benzene rings is 3. The van der Waals surface area contributed by atoms with Crippen LogP contribution in [0, 0.1) is 5.82 Å². The van der Waals surface area contributed by atoms with E-state index in [0.717, 1.165) is 16.3 Å². The highest BCUT2D eigenvalue weighted by Gasteiger charge is 2.09. The molecule has 0 spiro atoms. The van der Waals surface area contributed by atoms with Crippen LogP contribution < -0.4 is 5.32 Å². The maximum absolute atomic E-state index is 12.8. The molecule has 0 aromatic heterocycles. The van der Waals surface area contributed by atoms with Gasteiger partial charge in [-0.1, -0.05) is 48.5 Å². The Morgan fingerprint density at radius 1 is 0.905 bits per heavy atom. The van der Waals surface area contributed by atoms with E-state index in [1.165, 1.54) is 12.1 Å². The van der Waals surface area contributed by atoms with Crippen molar-refractivity contribution in [1.29, 1.82) is 0 Å². The van der Waals surface area contributed by atoms with Gasteiger partial charge in [0.15, 0.2) is 0 Å². The van der Waals surface area contributed by atoms with Crippen LogP contribution in [-0.2, 0) is 6.54 Å². The summed E-state index contributed by atoms with van der Waals surface area (Å²) < 4.78 is 12.8. The first-order valence-corrected chi connectivity index (χ1v) is 6.74. The van der Waals surface area contributed by atoms with E-state index in [1.54, 1.807) is 12.1 Å². The molecule has 0 aliphatic carbocycles. The van der Waals surface area contributed by atoms with Crippen LogP contribution >= 0.6 is 0 Å². The number of halogens is 1. The van der Waals surface area contributed by atoms with E-state index in [4.69, 9.17) is 0 Å². The van der Waals surface area contributed by atoms with Gasteiger partial charge < -0.3 is 5.32 Å². The molecule has 0 unspecified atom stereocenters. The lowest BCUT2D eigenvalue weighted by Gasteiger charge is -2.08. The van der Waals surface area contributed by atoms with Crippen LogP contribution in [0.4, 0.5) is 4.39 Å². The van der Waals surface area contributed by atoms with Crippen LogP contribution in [0.2, 0.25) is 0 Å². The second-order valence-electron chi connectivity index (χ2n) is 4.84. The Kier molecular flexibility index (Phi) is 3.65. The summed E-state index contributed by atoms with van der Waals surface area (Å²) in [6, 6.07) is 19.5. The first-order chi connectivity index (χ1) is 10.2. The molecule has 104 valence electrons. The van der Waals surface area contributed by atoms with Crippen LogP contribution in [-0.4, -0.2) is 5.91 Å². The van der Waals surface area contributed by atoms with Crippen molar-refractivity contribution in [2.45, 2.75) is 6.54 Å². The lowest BCUT2D eigenvalue weighted by Crippen LogP contribution is -2.23. The number of amides is 1. The number of carbonyl (C=O) groups is 1. The Morgan fingerprint density at radius 2 is 1.62 bits per heavy atom. The zero-order valence-corrected chi connectivity index (χ0v) is 11.3. The maximum Gasteiger partial charge on any atom is 0.252 e. The number of rotatable bonds is 3. The summed E-state index contributed by atoms with van der Waals surface area (Å²) >= 11 is 0. The van der Waals surface area contributed by atoms with Crippen molar-refractivity contribution in [2.75, 3.05) is 0 Å². The van der Waals surface area contributed by atoms with Crippen molar-refractivity contribution in [3.63, 3.8) is 0 Å². The Hall–Kier alpha value is -2.68. The predicted molar refractivity (Wildman–Crippen MR) is 81.5 cm³/mol. The normalized spacial score (nSPS) is 10.5. The second kappa shape index (κ2) is 5.75. The molecule has 0 radical (unpaired) electrons. The van der Waals surface area contributed by atoms with E-state index in [2.05, 4.69) is 5.32 Å². The predicted octanol–water partition coefficient (Wildman–Crippen LogP) is 3.91. The van der Waals surface area contributed by atoms with E-state index < -0.39 is 0 Å². The lowest BCUT2D eigenvalue weighted by atomic mass is 10.0. The third-order valence-corrected chi connectivity index (χ3v) is 3.40. The first-order valence-electron chi connectivity index (χ1n) is 6.74. The number of fused-ring (bicyclic) bond motifs is 1. The van der Waals surface area contributed by atoms with Gasteiger partial charge >= 0.3 is 0 Å². The molecule has 3 aromatic rings. The molecular weight excluding hydrogens is 265 g/mol. The minimum absolute atomic E-state index is 0.129. The number of carbonyl (C=O) groups excluding carboxylic acids is 1. The highest BCUT2D eigenvalue weighted by Crippen LogP contribution is 2.18. The third kappa shape index (κ3) is 2.92. The van der Waals surface area contributed by atoms with Gasteiger partial charge in [-0.3, -0.25) is 4.79 Å². The molecule has 3 aromatic carbocycles. The molecule has 0 atom stereocenters. The minimum atomic E-state index is -0.279. The lowest BCUT2D eigenvalue weighted by molar-refractivity contribution is 0.0952. The van der Waals surface area contributed by atoms with Crippen molar-refractivity contribution < 1.29 is 9.18 Å².